The normalized spacial score (nSPS) is 28.6. The van der Waals surface area contributed by atoms with Crippen LogP contribution in [0.25, 0.3) is 11.1 Å². The molecule has 61 heavy (non-hydrogen) atoms. The van der Waals surface area contributed by atoms with E-state index in [1.807, 2.05) is 88.4 Å². The van der Waals surface area contributed by atoms with Crippen LogP contribution in [0.15, 0.2) is 81.7 Å². The fourth-order valence-electron chi connectivity index (χ4n) is 9.71. The van der Waals surface area contributed by atoms with Gasteiger partial charge in [0.05, 0.1) is 64.4 Å². The Morgan fingerprint density at radius 1 is 0.623 bits per heavy atom. The molecular weight excluding hydrogens is 927 g/mol. The number of aryl methyl sites for hydroxylation is 1. The first kappa shape index (κ1) is 44.1. The number of nitrogens with zero attached hydrogens (tertiary/aromatic N) is 3. The van der Waals surface area contributed by atoms with Crippen LogP contribution in [0.4, 0.5) is 44.7 Å². The first-order chi connectivity index (χ1) is 29.3. The Kier molecular flexibility index (Phi) is 13.0. The fraction of sp³-hybridized carbons (Fsp3) is 0.478. The predicted molar refractivity (Wildman–Crippen MR) is 237 cm³/mol. The molecule has 6 unspecified atom stereocenters. The average molecular weight is 979 g/mol. The van der Waals surface area contributed by atoms with Crippen LogP contribution >= 0.6 is 31.9 Å². The maximum atomic E-state index is 15.1. The van der Waals surface area contributed by atoms with Gasteiger partial charge in [-0.2, -0.15) is 0 Å². The second kappa shape index (κ2) is 18.0. The summed E-state index contributed by atoms with van der Waals surface area (Å²) < 4.78 is 89.4. The van der Waals surface area contributed by atoms with Crippen molar-refractivity contribution in [3.05, 3.63) is 104 Å². The van der Waals surface area contributed by atoms with Crippen molar-refractivity contribution < 1.29 is 41.3 Å². The van der Waals surface area contributed by atoms with E-state index in [0.717, 1.165) is 59.4 Å². The number of nitrogens with two attached hydrogens (primary N) is 1. The first-order valence-corrected chi connectivity index (χ1v) is 22.3. The lowest BCUT2D eigenvalue weighted by Crippen LogP contribution is -2.62. The molecule has 6 heterocycles. The SMILES string of the molecule is Cc1ccc(N)cc1-c1ccc2c(c1)N1CCOCC1C(F)(CF)C2.FCC1(F)Cc2ccc(Br)cc2N2CCOCC21.OCC1(F)Cc2ccc(Br)cc2N2CCOCC21. The molecule has 0 amide bonds. The maximum Gasteiger partial charge on any atom is 0.165 e. The number of anilines is 4. The number of alkyl halides is 5. The van der Waals surface area contributed by atoms with Crippen molar-refractivity contribution in [3.8, 4) is 11.1 Å². The van der Waals surface area contributed by atoms with Gasteiger partial charge in [-0.3, -0.25) is 0 Å². The Balaban J connectivity index is 0.000000129. The zero-order chi connectivity index (χ0) is 43.1. The highest BCUT2D eigenvalue weighted by Gasteiger charge is 2.51. The van der Waals surface area contributed by atoms with Crippen LogP contribution in [-0.4, -0.2) is 119 Å². The van der Waals surface area contributed by atoms with Crippen LogP contribution in [0.5, 0.6) is 0 Å². The van der Waals surface area contributed by atoms with Gasteiger partial charge in [0, 0.05) is 70.6 Å². The summed E-state index contributed by atoms with van der Waals surface area (Å²) in [5.74, 6) is 0. The summed E-state index contributed by atoms with van der Waals surface area (Å²) in [5, 5.41) is 9.40. The third-order valence-corrected chi connectivity index (χ3v) is 14.0. The summed E-state index contributed by atoms with van der Waals surface area (Å²) in [7, 11) is 0. The summed E-state index contributed by atoms with van der Waals surface area (Å²) in [6, 6.07) is 21.9. The minimum absolute atomic E-state index is 0.0829. The van der Waals surface area contributed by atoms with Gasteiger partial charge >= 0.3 is 0 Å². The van der Waals surface area contributed by atoms with E-state index in [-0.39, 0.29) is 32.5 Å². The van der Waals surface area contributed by atoms with E-state index in [4.69, 9.17) is 19.9 Å². The Bertz CT molecular complexity index is 2140. The van der Waals surface area contributed by atoms with Gasteiger partial charge in [-0.1, -0.05) is 62.2 Å². The van der Waals surface area contributed by atoms with Crippen LogP contribution in [0.1, 0.15) is 22.3 Å². The molecule has 4 aromatic rings. The van der Waals surface area contributed by atoms with Gasteiger partial charge in [0.1, 0.15) is 13.3 Å². The Morgan fingerprint density at radius 2 is 1.05 bits per heavy atom. The molecule has 10 rings (SSSR count). The summed E-state index contributed by atoms with van der Waals surface area (Å²) in [5.41, 5.74) is 10.3. The predicted octanol–water partition coefficient (Wildman–Crippen LogP) is 8.48. The number of aliphatic hydroxyl groups is 1. The highest BCUT2D eigenvalue weighted by molar-refractivity contribution is 9.10. The number of fused-ring (bicyclic) bond motifs is 9. The van der Waals surface area contributed by atoms with Gasteiger partial charge in [-0.15, -0.1) is 0 Å². The summed E-state index contributed by atoms with van der Waals surface area (Å²) in [4.78, 5) is 5.96. The molecule has 3 N–H and O–H groups in total. The molecule has 0 radical (unpaired) electrons. The molecule has 6 aliphatic heterocycles. The number of halogens is 7. The van der Waals surface area contributed by atoms with E-state index in [1.165, 1.54) is 0 Å². The largest absolute Gasteiger partial charge is 0.399 e. The Morgan fingerprint density at radius 3 is 1.51 bits per heavy atom. The molecule has 6 atom stereocenters. The minimum Gasteiger partial charge on any atom is -0.399 e. The molecular formula is C46H51Br2F5N4O4. The highest BCUT2D eigenvalue weighted by atomic mass is 79.9. The third-order valence-electron chi connectivity index (χ3n) is 13.0. The van der Waals surface area contributed by atoms with Gasteiger partial charge in [-0.25, -0.2) is 22.0 Å². The molecule has 3 saturated heterocycles. The summed E-state index contributed by atoms with van der Waals surface area (Å²) >= 11 is 6.88. The number of aliphatic hydroxyl groups excluding tert-OH is 1. The van der Waals surface area contributed by atoms with Gasteiger partial charge in [0.15, 0.2) is 17.0 Å². The number of hydrogen-bond donors (Lipinski definition) is 2. The van der Waals surface area contributed by atoms with E-state index >= 15 is 4.39 Å². The van der Waals surface area contributed by atoms with Crippen molar-refractivity contribution in [2.45, 2.75) is 61.3 Å². The van der Waals surface area contributed by atoms with Crippen LogP contribution < -0.4 is 20.4 Å². The monoisotopic (exact) mass is 976 g/mol. The maximum absolute atomic E-state index is 15.1. The van der Waals surface area contributed by atoms with Gasteiger partial charge in [-0.05, 0) is 82.8 Å². The fourth-order valence-corrected chi connectivity index (χ4v) is 10.4. The van der Waals surface area contributed by atoms with Crippen LogP contribution in [0.3, 0.4) is 0 Å². The summed E-state index contributed by atoms with van der Waals surface area (Å²) in [6.07, 6.45) is 0.451. The molecule has 0 saturated carbocycles. The number of rotatable bonds is 4. The second-order valence-corrected chi connectivity index (χ2v) is 18.7. The van der Waals surface area contributed by atoms with E-state index in [1.54, 1.807) is 0 Å². The van der Waals surface area contributed by atoms with Crippen molar-refractivity contribution in [1.82, 2.24) is 0 Å². The molecule has 3 fully saturated rings. The summed E-state index contributed by atoms with van der Waals surface area (Å²) in [6.45, 7) is 3.97. The smallest absolute Gasteiger partial charge is 0.165 e. The lowest BCUT2D eigenvalue weighted by atomic mass is 9.82. The van der Waals surface area contributed by atoms with Crippen LogP contribution in [-0.2, 0) is 33.5 Å². The quantitative estimate of drug-likeness (QED) is 0.156. The topological polar surface area (TPSA) is 83.7 Å². The lowest BCUT2D eigenvalue weighted by molar-refractivity contribution is -0.0173. The molecule has 0 bridgehead atoms. The van der Waals surface area contributed by atoms with E-state index in [2.05, 4.69) is 37.9 Å². The molecule has 6 aliphatic rings. The zero-order valence-electron chi connectivity index (χ0n) is 34.0. The van der Waals surface area contributed by atoms with Crippen molar-refractivity contribution in [2.24, 2.45) is 0 Å². The number of hydrogen-bond acceptors (Lipinski definition) is 8. The molecule has 0 aromatic heterocycles. The van der Waals surface area contributed by atoms with Crippen LogP contribution in [0, 0.1) is 6.92 Å². The molecule has 4 aromatic carbocycles. The number of nitrogen functional groups attached to an aromatic ring is 1. The standard InChI is InChI=1S/C20H22F2N2O.C13H14BrF2NO.C13H15BrFNO2/c1-13-2-5-16(23)9-17(13)14-3-4-15-10-20(22,12-21)19-11-25-7-6-24(19)18(15)8-14;14-10-2-1-9-6-13(16,8-15)12-7-18-4-3-17(12)11(9)5-10;14-10-2-1-9-6-13(15,8-17)12-7-18-4-3-16(12)11(9)5-10/h2-5,8-9,19H,6-7,10-12,23H2,1H3;1-2,5,12H,3-4,6-8H2;1-2,5,12,17H,3-4,6-8H2. The molecule has 15 heteroatoms. The lowest BCUT2D eigenvalue weighted by Gasteiger charge is -2.48. The third kappa shape index (κ3) is 8.63. The number of benzene rings is 4. The van der Waals surface area contributed by atoms with Crippen LogP contribution in [0.2, 0.25) is 0 Å². The average Bonchev–Trinajstić information content (AvgIpc) is 3.28. The van der Waals surface area contributed by atoms with E-state index in [0.29, 0.717) is 51.7 Å². The van der Waals surface area contributed by atoms with Gasteiger partial charge in [0.25, 0.3) is 0 Å². The van der Waals surface area contributed by atoms with Crippen molar-refractivity contribution in [3.63, 3.8) is 0 Å². The van der Waals surface area contributed by atoms with Crippen molar-refractivity contribution in [2.75, 3.05) is 99.7 Å². The Hall–Kier alpha value is -3.47. The minimum atomic E-state index is -1.89. The molecule has 328 valence electrons. The van der Waals surface area contributed by atoms with Gasteiger partial charge < -0.3 is 39.8 Å². The molecule has 8 nitrogen and oxygen atoms in total. The highest BCUT2D eigenvalue weighted by Crippen LogP contribution is 2.44. The molecule has 0 spiro atoms. The van der Waals surface area contributed by atoms with E-state index in [9.17, 15) is 22.7 Å². The van der Waals surface area contributed by atoms with Gasteiger partial charge in [0.2, 0.25) is 0 Å². The number of ether oxygens (including phenoxy) is 3. The van der Waals surface area contributed by atoms with Crippen molar-refractivity contribution >= 4 is 54.6 Å². The Labute approximate surface area is 370 Å². The zero-order valence-corrected chi connectivity index (χ0v) is 37.2. The van der Waals surface area contributed by atoms with E-state index < -0.39 is 55.1 Å². The second-order valence-electron chi connectivity index (χ2n) is 16.9. The first-order valence-electron chi connectivity index (χ1n) is 20.7. The molecule has 0 aliphatic carbocycles. The van der Waals surface area contributed by atoms with Crippen molar-refractivity contribution in [1.29, 1.82) is 0 Å². The number of morpholine rings is 3.